The maximum absolute atomic E-state index is 12.1. The molecule has 2 rings (SSSR count). The van der Waals surface area contributed by atoms with Gasteiger partial charge in [0.15, 0.2) is 0 Å². The van der Waals surface area contributed by atoms with E-state index in [-0.39, 0.29) is 5.97 Å². The Kier molecular flexibility index (Phi) is 5.11. The Morgan fingerprint density at radius 2 is 2.14 bits per heavy atom. The van der Waals surface area contributed by atoms with Crippen LogP contribution in [0.15, 0.2) is 24.4 Å². The van der Waals surface area contributed by atoms with Crippen LogP contribution in [0.3, 0.4) is 0 Å². The van der Waals surface area contributed by atoms with Crippen LogP contribution >= 0.6 is 0 Å². The highest BCUT2D eigenvalue weighted by Gasteiger charge is 2.17. The van der Waals surface area contributed by atoms with Crippen LogP contribution in [-0.2, 0) is 16.1 Å². The average molecular weight is 288 g/mol. The fraction of sp³-hybridized carbons (Fsp3) is 0.375. The van der Waals surface area contributed by atoms with E-state index < -0.39 is 0 Å². The lowest BCUT2D eigenvalue weighted by atomic mass is 10.1. The zero-order chi connectivity index (χ0) is 15.2. The molecule has 0 aliphatic heterocycles. The minimum atomic E-state index is -0.361. The first-order valence-corrected chi connectivity index (χ1v) is 7.03. The number of esters is 1. The molecule has 0 saturated carbocycles. The van der Waals surface area contributed by atoms with Crippen LogP contribution in [0.4, 0.5) is 5.69 Å². The third kappa shape index (κ3) is 3.13. The van der Waals surface area contributed by atoms with Gasteiger partial charge in [0.05, 0.1) is 24.4 Å². The normalized spacial score (nSPS) is 10.6. The van der Waals surface area contributed by atoms with Crippen molar-refractivity contribution in [3.63, 3.8) is 0 Å². The van der Waals surface area contributed by atoms with Gasteiger partial charge in [-0.1, -0.05) is 18.2 Å². The van der Waals surface area contributed by atoms with Gasteiger partial charge in [-0.25, -0.2) is 4.79 Å². The topological polar surface area (TPSA) is 60.5 Å². The number of para-hydroxylation sites is 1. The number of fused-ring (bicyclic) bond motifs is 1. The van der Waals surface area contributed by atoms with Gasteiger partial charge in [-0.2, -0.15) is 0 Å². The SMILES string of the molecule is CCNc1c(C(=O)OCC)cnc2c(COC)cccc12. The second-order valence-corrected chi connectivity index (χ2v) is 4.54. The summed E-state index contributed by atoms with van der Waals surface area (Å²) < 4.78 is 10.3. The number of rotatable bonds is 6. The molecular formula is C16H20N2O3. The molecule has 0 fully saturated rings. The summed E-state index contributed by atoms with van der Waals surface area (Å²) in [6, 6.07) is 5.86. The van der Waals surface area contributed by atoms with Gasteiger partial charge in [0.2, 0.25) is 0 Å². The summed E-state index contributed by atoms with van der Waals surface area (Å²) in [5.41, 5.74) is 3.05. The van der Waals surface area contributed by atoms with Gasteiger partial charge in [-0.3, -0.25) is 4.98 Å². The number of carbonyl (C=O) groups is 1. The Hall–Kier alpha value is -2.14. The van der Waals surface area contributed by atoms with Crippen molar-refractivity contribution in [1.82, 2.24) is 4.98 Å². The lowest BCUT2D eigenvalue weighted by Gasteiger charge is -2.14. The minimum absolute atomic E-state index is 0.339. The van der Waals surface area contributed by atoms with Gasteiger partial charge >= 0.3 is 5.97 Å². The minimum Gasteiger partial charge on any atom is -0.462 e. The second-order valence-electron chi connectivity index (χ2n) is 4.54. The van der Waals surface area contributed by atoms with E-state index in [1.807, 2.05) is 25.1 Å². The number of nitrogens with one attached hydrogen (secondary N) is 1. The van der Waals surface area contributed by atoms with E-state index in [1.54, 1.807) is 20.2 Å². The van der Waals surface area contributed by atoms with Crippen molar-refractivity contribution in [3.8, 4) is 0 Å². The third-order valence-corrected chi connectivity index (χ3v) is 3.13. The first kappa shape index (κ1) is 15.3. The Labute approximate surface area is 124 Å². The van der Waals surface area contributed by atoms with Crippen molar-refractivity contribution < 1.29 is 14.3 Å². The summed E-state index contributed by atoms with van der Waals surface area (Å²) in [6.45, 7) is 5.30. The number of pyridine rings is 1. The van der Waals surface area contributed by atoms with Crippen molar-refractivity contribution >= 4 is 22.6 Å². The molecule has 1 N–H and O–H groups in total. The molecule has 0 atom stereocenters. The average Bonchev–Trinajstić information content (AvgIpc) is 2.49. The number of ether oxygens (including phenoxy) is 2. The maximum atomic E-state index is 12.1. The molecule has 0 aliphatic carbocycles. The molecule has 0 aliphatic rings. The summed E-state index contributed by atoms with van der Waals surface area (Å²) in [5.74, 6) is -0.361. The standard InChI is InChI=1S/C16H20N2O3/c1-4-17-15-12-8-6-7-11(10-20-3)14(12)18-9-13(15)16(19)21-5-2/h6-9H,4-5,10H2,1-3H3,(H,17,18). The van der Waals surface area contributed by atoms with Crippen LogP contribution in [0.1, 0.15) is 29.8 Å². The Morgan fingerprint density at radius 1 is 1.33 bits per heavy atom. The lowest BCUT2D eigenvalue weighted by molar-refractivity contribution is 0.0527. The van der Waals surface area contributed by atoms with Gasteiger partial charge in [0.25, 0.3) is 0 Å². The van der Waals surface area contributed by atoms with E-state index >= 15 is 0 Å². The number of methoxy groups -OCH3 is 1. The van der Waals surface area contributed by atoms with Crippen molar-refractivity contribution in [2.45, 2.75) is 20.5 Å². The van der Waals surface area contributed by atoms with E-state index in [0.29, 0.717) is 25.3 Å². The molecule has 1 aromatic heterocycles. The van der Waals surface area contributed by atoms with Crippen LogP contribution in [-0.4, -0.2) is 31.2 Å². The molecular weight excluding hydrogens is 268 g/mol. The number of nitrogens with zero attached hydrogens (tertiary/aromatic N) is 1. The van der Waals surface area contributed by atoms with Gasteiger partial charge in [-0.15, -0.1) is 0 Å². The van der Waals surface area contributed by atoms with Crippen molar-refractivity contribution in [3.05, 3.63) is 35.5 Å². The molecule has 112 valence electrons. The number of hydrogen-bond donors (Lipinski definition) is 1. The Balaban J connectivity index is 2.62. The molecule has 0 radical (unpaired) electrons. The molecule has 21 heavy (non-hydrogen) atoms. The molecule has 0 bridgehead atoms. The number of carbonyl (C=O) groups excluding carboxylic acids is 1. The van der Waals surface area contributed by atoms with Crippen LogP contribution in [0.5, 0.6) is 0 Å². The van der Waals surface area contributed by atoms with Gasteiger partial charge in [-0.05, 0) is 13.8 Å². The lowest BCUT2D eigenvalue weighted by Crippen LogP contribution is -2.11. The highest BCUT2D eigenvalue weighted by molar-refractivity contribution is 6.05. The molecule has 1 heterocycles. The van der Waals surface area contributed by atoms with Gasteiger partial charge < -0.3 is 14.8 Å². The maximum Gasteiger partial charge on any atom is 0.341 e. The van der Waals surface area contributed by atoms with Gasteiger partial charge in [0, 0.05) is 30.8 Å². The van der Waals surface area contributed by atoms with Crippen molar-refractivity contribution in [2.24, 2.45) is 0 Å². The zero-order valence-corrected chi connectivity index (χ0v) is 12.6. The van der Waals surface area contributed by atoms with Gasteiger partial charge in [0.1, 0.15) is 5.56 Å². The molecule has 0 spiro atoms. The fourth-order valence-corrected chi connectivity index (χ4v) is 2.29. The molecule has 2 aromatic rings. The largest absolute Gasteiger partial charge is 0.462 e. The first-order valence-electron chi connectivity index (χ1n) is 7.03. The molecule has 5 heteroatoms. The van der Waals surface area contributed by atoms with E-state index in [4.69, 9.17) is 9.47 Å². The summed E-state index contributed by atoms with van der Waals surface area (Å²) >= 11 is 0. The summed E-state index contributed by atoms with van der Waals surface area (Å²) in [4.78, 5) is 16.5. The number of hydrogen-bond acceptors (Lipinski definition) is 5. The van der Waals surface area contributed by atoms with Crippen LogP contribution in [0.2, 0.25) is 0 Å². The fourth-order valence-electron chi connectivity index (χ4n) is 2.29. The van der Waals surface area contributed by atoms with Crippen LogP contribution in [0, 0.1) is 0 Å². The molecule has 0 saturated heterocycles. The van der Waals surface area contributed by atoms with Crippen molar-refractivity contribution in [2.75, 3.05) is 25.6 Å². The second kappa shape index (κ2) is 7.04. The predicted molar refractivity (Wildman–Crippen MR) is 82.6 cm³/mol. The summed E-state index contributed by atoms with van der Waals surface area (Å²) in [7, 11) is 1.65. The third-order valence-electron chi connectivity index (χ3n) is 3.13. The molecule has 0 amide bonds. The molecule has 1 aromatic carbocycles. The van der Waals surface area contributed by atoms with Crippen LogP contribution < -0.4 is 5.32 Å². The van der Waals surface area contributed by atoms with E-state index in [2.05, 4.69) is 10.3 Å². The van der Waals surface area contributed by atoms with Crippen molar-refractivity contribution in [1.29, 1.82) is 0 Å². The van der Waals surface area contributed by atoms with E-state index in [0.717, 1.165) is 22.2 Å². The number of aromatic nitrogens is 1. The molecule has 0 unspecified atom stereocenters. The summed E-state index contributed by atoms with van der Waals surface area (Å²) in [6.07, 6.45) is 1.57. The number of benzene rings is 1. The predicted octanol–water partition coefficient (Wildman–Crippen LogP) is 2.99. The van der Waals surface area contributed by atoms with E-state index in [9.17, 15) is 4.79 Å². The Bertz CT molecular complexity index is 641. The highest BCUT2D eigenvalue weighted by Crippen LogP contribution is 2.28. The summed E-state index contributed by atoms with van der Waals surface area (Å²) in [5, 5.41) is 4.15. The highest BCUT2D eigenvalue weighted by atomic mass is 16.5. The smallest absolute Gasteiger partial charge is 0.341 e. The zero-order valence-electron chi connectivity index (χ0n) is 12.6. The number of anilines is 1. The van der Waals surface area contributed by atoms with Crippen LogP contribution in [0.25, 0.3) is 10.9 Å². The Morgan fingerprint density at radius 3 is 2.81 bits per heavy atom. The molecule has 5 nitrogen and oxygen atoms in total. The van der Waals surface area contributed by atoms with E-state index in [1.165, 1.54) is 0 Å². The monoisotopic (exact) mass is 288 g/mol. The quantitative estimate of drug-likeness (QED) is 0.828. The first-order chi connectivity index (χ1) is 10.2.